The van der Waals surface area contributed by atoms with E-state index in [9.17, 15) is 4.79 Å². The monoisotopic (exact) mass is 324 g/mol. The predicted molar refractivity (Wildman–Crippen MR) is 88.2 cm³/mol. The third-order valence-corrected chi connectivity index (χ3v) is 3.46. The number of rotatable bonds is 4. The summed E-state index contributed by atoms with van der Waals surface area (Å²) in [4.78, 5) is 26.7. The van der Waals surface area contributed by atoms with Crippen molar-refractivity contribution in [2.24, 2.45) is 0 Å². The van der Waals surface area contributed by atoms with E-state index in [-0.39, 0.29) is 11.6 Å². The molecule has 6 heteroatoms. The highest BCUT2D eigenvalue weighted by atomic mass is 35.5. The smallest absolute Gasteiger partial charge is 0.278 e. The van der Waals surface area contributed by atoms with E-state index in [0.717, 1.165) is 11.4 Å². The first-order valence-corrected chi connectivity index (χ1v) is 7.35. The second kappa shape index (κ2) is 6.98. The normalized spacial score (nSPS) is 10.3. The Hall–Kier alpha value is -2.79. The first-order chi connectivity index (χ1) is 11.2. The molecule has 3 rings (SSSR count). The SMILES string of the molecule is O=C(c1cnccn1)N(Cc1ccccn1)c1ccc(Cl)cc1. The van der Waals surface area contributed by atoms with Crippen molar-refractivity contribution in [2.75, 3.05) is 4.90 Å². The Morgan fingerprint density at radius 2 is 1.83 bits per heavy atom. The Labute approximate surface area is 138 Å². The van der Waals surface area contributed by atoms with E-state index in [0.29, 0.717) is 11.6 Å². The molecular weight excluding hydrogens is 312 g/mol. The predicted octanol–water partition coefficient (Wildman–Crippen LogP) is 3.37. The molecule has 5 nitrogen and oxygen atoms in total. The number of carbonyl (C=O) groups excluding carboxylic acids is 1. The van der Waals surface area contributed by atoms with Gasteiger partial charge in [-0.05, 0) is 36.4 Å². The van der Waals surface area contributed by atoms with Gasteiger partial charge in [0.05, 0.1) is 18.4 Å². The molecule has 0 radical (unpaired) electrons. The minimum Gasteiger partial charge on any atom is -0.301 e. The molecule has 2 heterocycles. The summed E-state index contributed by atoms with van der Waals surface area (Å²) in [6, 6.07) is 12.7. The maximum atomic E-state index is 12.8. The first-order valence-electron chi connectivity index (χ1n) is 6.97. The Morgan fingerprint density at radius 3 is 2.48 bits per heavy atom. The molecule has 0 aliphatic carbocycles. The molecule has 1 amide bonds. The van der Waals surface area contributed by atoms with Crippen molar-refractivity contribution in [3.63, 3.8) is 0 Å². The second-order valence-corrected chi connectivity index (χ2v) is 5.22. The zero-order valence-corrected chi connectivity index (χ0v) is 12.9. The number of anilines is 1. The summed E-state index contributed by atoms with van der Waals surface area (Å²) in [5.41, 5.74) is 1.77. The summed E-state index contributed by atoms with van der Waals surface area (Å²) < 4.78 is 0. The maximum absolute atomic E-state index is 12.8. The zero-order valence-electron chi connectivity index (χ0n) is 12.1. The number of nitrogens with zero attached hydrogens (tertiary/aromatic N) is 4. The molecule has 23 heavy (non-hydrogen) atoms. The lowest BCUT2D eigenvalue weighted by Crippen LogP contribution is -2.31. The summed E-state index contributed by atoms with van der Waals surface area (Å²) in [6.07, 6.45) is 6.17. The zero-order chi connectivity index (χ0) is 16.1. The van der Waals surface area contributed by atoms with Crippen molar-refractivity contribution in [1.82, 2.24) is 15.0 Å². The Bertz CT molecular complexity index is 779. The molecule has 0 bridgehead atoms. The van der Waals surface area contributed by atoms with Gasteiger partial charge in [-0.3, -0.25) is 14.8 Å². The van der Waals surface area contributed by atoms with Gasteiger partial charge in [0.15, 0.2) is 0 Å². The molecule has 0 saturated carbocycles. The van der Waals surface area contributed by atoms with Crippen LogP contribution in [0, 0.1) is 0 Å². The molecule has 2 aromatic heterocycles. The molecular formula is C17H13ClN4O. The molecule has 1 aromatic carbocycles. The topological polar surface area (TPSA) is 59.0 Å². The summed E-state index contributed by atoms with van der Waals surface area (Å²) >= 11 is 5.93. The van der Waals surface area contributed by atoms with Gasteiger partial charge >= 0.3 is 0 Å². The average molecular weight is 325 g/mol. The Kier molecular flexibility index (Phi) is 4.59. The first kappa shape index (κ1) is 15.1. The molecule has 0 spiro atoms. The number of amides is 1. The van der Waals surface area contributed by atoms with Gasteiger partial charge < -0.3 is 4.90 Å². The molecule has 0 saturated heterocycles. The van der Waals surface area contributed by atoms with Gasteiger partial charge in [0.25, 0.3) is 5.91 Å². The number of hydrogen-bond donors (Lipinski definition) is 0. The van der Waals surface area contributed by atoms with Crippen LogP contribution < -0.4 is 4.90 Å². The van der Waals surface area contributed by atoms with Gasteiger partial charge in [0.2, 0.25) is 0 Å². The van der Waals surface area contributed by atoms with Crippen LogP contribution in [-0.2, 0) is 6.54 Å². The minimum atomic E-state index is -0.244. The molecule has 0 aliphatic rings. The van der Waals surface area contributed by atoms with Gasteiger partial charge in [-0.25, -0.2) is 4.98 Å². The molecule has 0 N–H and O–H groups in total. The number of halogens is 1. The molecule has 114 valence electrons. The number of aromatic nitrogens is 3. The van der Waals surface area contributed by atoms with Crippen molar-refractivity contribution >= 4 is 23.2 Å². The van der Waals surface area contributed by atoms with E-state index in [4.69, 9.17) is 11.6 Å². The van der Waals surface area contributed by atoms with E-state index >= 15 is 0 Å². The van der Waals surface area contributed by atoms with Crippen molar-refractivity contribution in [3.8, 4) is 0 Å². The molecule has 0 unspecified atom stereocenters. The number of hydrogen-bond acceptors (Lipinski definition) is 4. The van der Waals surface area contributed by atoms with E-state index in [1.165, 1.54) is 18.6 Å². The van der Waals surface area contributed by atoms with Crippen LogP contribution in [0.15, 0.2) is 67.3 Å². The largest absolute Gasteiger partial charge is 0.301 e. The molecule has 0 fully saturated rings. The van der Waals surface area contributed by atoms with Crippen LogP contribution >= 0.6 is 11.6 Å². The highest BCUT2D eigenvalue weighted by Gasteiger charge is 2.20. The van der Waals surface area contributed by atoms with Gasteiger partial charge in [0, 0.05) is 29.3 Å². The number of carbonyl (C=O) groups is 1. The van der Waals surface area contributed by atoms with Crippen molar-refractivity contribution in [2.45, 2.75) is 6.54 Å². The summed E-state index contributed by atoms with van der Waals surface area (Å²) in [5.74, 6) is -0.244. The maximum Gasteiger partial charge on any atom is 0.278 e. The fraction of sp³-hybridized carbons (Fsp3) is 0.0588. The van der Waals surface area contributed by atoms with Gasteiger partial charge in [-0.15, -0.1) is 0 Å². The molecule has 0 atom stereocenters. The van der Waals surface area contributed by atoms with Crippen LogP contribution in [0.5, 0.6) is 0 Å². The summed E-state index contributed by atoms with van der Waals surface area (Å²) in [7, 11) is 0. The van der Waals surface area contributed by atoms with E-state index in [2.05, 4.69) is 15.0 Å². The Morgan fingerprint density at radius 1 is 1.00 bits per heavy atom. The third kappa shape index (κ3) is 3.70. The van der Waals surface area contributed by atoms with Crippen LogP contribution in [0.25, 0.3) is 0 Å². The lowest BCUT2D eigenvalue weighted by Gasteiger charge is -2.22. The summed E-state index contributed by atoms with van der Waals surface area (Å²) in [6.45, 7) is 0.331. The highest BCUT2D eigenvalue weighted by molar-refractivity contribution is 6.30. The van der Waals surface area contributed by atoms with Crippen molar-refractivity contribution in [3.05, 3.63) is 83.7 Å². The van der Waals surface area contributed by atoms with Crippen molar-refractivity contribution in [1.29, 1.82) is 0 Å². The quantitative estimate of drug-likeness (QED) is 0.738. The standard InChI is InChI=1S/C17H13ClN4O/c18-13-4-6-15(7-5-13)22(12-14-3-1-2-8-20-14)17(23)16-11-19-9-10-21-16/h1-11H,12H2. The number of pyridine rings is 1. The van der Waals surface area contributed by atoms with E-state index in [1.54, 1.807) is 35.4 Å². The fourth-order valence-electron chi connectivity index (χ4n) is 2.10. The van der Waals surface area contributed by atoms with Crippen molar-refractivity contribution < 1.29 is 4.79 Å². The van der Waals surface area contributed by atoms with Gasteiger partial charge in [-0.1, -0.05) is 17.7 Å². The van der Waals surface area contributed by atoms with Gasteiger partial charge in [0.1, 0.15) is 5.69 Å². The summed E-state index contributed by atoms with van der Waals surface area (Å²) in [5, 5.41) is 0.610. The Balaban J connectivity index is 1.96. The molecule has 3 aromatic rings. The third-order valence-electron chi connectivity index (χ3n) is 3.21. The van der Waals surface area contributed by atoms with Crippen LogP contribution in [0.4, 0.5) is 5.69 Å². The average Bonchev–Trinajstić information content (AvgIpc) is 2.62. The minimum absolute atomic E-state index is 0.244. The lowest BCUT2D eigenvalue weighted by molar-refractivity contribution is 0.0979. The van der Waals surface area contributed by atoms with Crippen LogP contribution in [0.2, 0.25) is 5.02 Å². The van der Waals surface area contributed by atoms with E-state index in [1.807, 2.05) is 18.2 Å². The molecule has 0 aliphatic heterocycles. The van der Waals surface area contributed by atoms with Crippen LogP contribution in [-0.4, -0.2) is 20.9 Å². The van der Waals surface area contributed by atoms with Crippen LogP contribution in [0.1, 0.15) is 16.2 Å². The van der Waals surface area contributed by atoms with Gasteiger partial charge in [-0.2, -0.15) is 0 Å². The van der Waals surface area contributed by atoms with E-state index < -0.39 is 0 Å². The van der Waals surface area contributed by atoms with Crippen LogP contribution in [0.3, 0.4) is 0 Å². The fourth-order valence-corrected chi connectivity index (χ4v) is 2.23. The second-order valence-electron chi connectivity index (χ2n) is 4.78. The number of benzene rings is 1. The highest BCUT2D eigenvalue weighted by Crippen LogP contribution is 2.21. The lowest BCUT2D eigenvalue weighted by atomic mass is 10.2.